The van der Waals surface area contributed by atoms with E-state index in [1.165, 1.54) is 41.5 Å². The average Bonchev–Trinajstić information content (AvgIpc) is 3.19. The van der Waals surface area contributed by atoms with Crippen LogP contribution in [-0.4, -0.2) is 133 Å². The van der Waals surface area contributed by atoms with Gasteiger partial charge in [-0.15, -0.1) is 0 Å². The van der Waals surface area contributed by atoms with Crippen molar-refractivity contribution in [3.05, 3.63) is 33.6 Å². The second kappa shape index (κ2) is 21.9. The standard InChI is InChI=1S/C44H56O20/c1-8-34-35(14-28-9-26(58-23(5)48)11-31(61-28)17-55-20(2)45)41(52)38-39(40(34)51)43(54)44(64-37-16-30(60-25(7)50)13-33(63-37)19-57-22(4)47)36(42(38)53)15-29-10-27(59-24(6)49)12-32(62-29)18-56-21(3)46/h26-33,37,51-52H,8-19H2,1-7H3. The molecule has 1 aliphatic carbocycles. The lowest BCUT2D eigenvalue weighted by Gasteiger charge is -2.37. The molecule has 0 amide bonds. The number of hydrogen-bond donors (Lipinski definition) is 2. The van der Waals surface area contributed by atoms with Crippen molar-refractivity contribution in [1.82, 2.24) is 0 Å². The molecule has 3 fully saturated rings. The van der Waals surface area contributed by atoms with Crippen molar-refractivity contribution in [1.29, 1.82) is 0 Å². The number of hydrogen-bond acceptors (Lipinski definition) is 20. The first-order valence-corrected chi connectivity index (χ1v) is 21.2. The molecule has 3 heterocycles. The van der Waals surface area contributed by atoms with E-state index >= 15 is 4.79 Å². The summed E-state index contributed by atoms with van der Waals surface area (Å²) in [5.41, 5.74) is -1.24. The molecular formula is C44H56O20. The van der Waals surface area contributed by atoms with Crippen molar-refractivity contribution in [2.24, 2.45) is 0 Å². The maximum absolute atomic E-state index is 15.0. The lowest BCUT2D eigenvalue weighted by atomic mass is 9.79. The summed E-state index contributed by atoms with van der Waals surface area (Å²) in [6, 6.07) is 0. The average molecular weight is 905 g/mol. The molecule has 3 aliphatic heterocycles. The molecule has 9 unspecified atom stereocenters. The molecule has 20 heteroatoms. The van der Waals surface area contributed by atoms with E-state index < -0.39 is 131 Å². The van der Waals surface area contributed by atoms with Gasteiger partial charge in [-0.25, -0.2) is 0 Å². The van der Waals surface area contributed by atoms with Gasteiger partial charge in [0, 0.05) is 110 Å². The third-order valence-corrected chi connectivity index (χ3v) is 10.9. The zero-order chi connectivity index (χ0) is 47.0. The van der Waals surface area contributed by atoms with Crippen LogP contribution in [0.15, 0.2) is 11.3 Å². The van der Waals surface area contributed by atoms with Gasteiger partial charge in [0.2, 0.25) is 12.1 Å². The van der Waals surface area contributed by atoms with Gasteiger partial charge in [-0.3, -0.25) is 38.4 Å². The third kappa shape index (κ3) is 13.0. The zero-order valence-corrected chi connectivity index (χ0v) is 36.9. The van der Waals surface area contributed by atoms with E-state index in [0.29, 0.717) is 0 Å². The molecule has 3 saturated heterocycles. The minimum absolute atomic E-state index is 0.0223. The van der Waals surface area contributed by atoms with Crippen molar-refractivity contribution in [2.45, 2.75) is 161 Å². The van der Waals surface area contributed by atoms with Crippen LogP contribution in [0.2, 0.25) is 0 Å². The van der Waals surface area contributed by atoms with E-state index in [9.17, 15) is 43.8 Å². The molecule has 64 heavy (non-hydrogen) atoms. The van der Waals surface area contributed by atoms with Gasteiger partial charge < -0.3 is 57.6 Å². The molecule has 5 rings (SSSR count). The topological polar surface area (TPSA) is 269 Å². The number of ether oxygens (including phenoxy) is 10. The van der Waals surface area contributed by atoms with Crippen molar-refractivity contribution in [3.63, 3.8) is 0 Å². The second-order valence-corrected chi connectivity index (χ2v) is 16.2. The number of Topliss-reactive ketones (excluding diaryl/α,β-unsaturated/α-hetero) is 2. The largest absolute Gasteiger partial charge is 0.507 e. The SMILES string of the molecule is CCc1c(O)c2c(c(O)c1CC1CC(OC(C)=O)CC(COC(C)=O)O1)C(=O)C(CC1CC(OC(C)=O)CC(COC(C)=O)O1)=C(OC1CC(OC(C)=O)CC(COC(C)=O)O1)C2=O. The van der Waals surface area contributed by atoms with Gasteiger partial charge in [-0.05, 0) is 6.42 Å². The predicted molar refractivity (Wildman–Crippen MR) is 214 cm³/mol. The van der Waals surface area contributed by atoms with Gasteiger partial charge in [0.05, 0.1) is 41.6 Å². The number of fused-ring (bicyclic) bond motifs is 1. The lowest BCUT2D eigenvalue weighted by Crippen LogP contribution is -2.43. The number of ketones is 2. The number of carbonyl (C=O) groups is 8. The maximum atomic E-state index is 15.0. The summed E-state index contributed by atoms with van der Waals surface area (Å²) in [6.45, 7) is 8.31. The fourth-order valence-electron chi connectivity index (χ4n) is 8.61. The summed E-state index contributed by atoms with van der Waals surface area (Å²) in [4.78, 5) is 101. The van der Waals surface area contributed by atoms with Crippen LogP contribution < -0.4 is 0 Å². The smallest absolute Gasteiger partial charge is 0.302 e. The summed E-state index contributed by atoms with van der Waals surface area (Å²) in [6.07, 6.45) is -7.83. The van der Waals surface area contributed by atoms with Gasteiger partial charge >= 0.3 is 35.8 Å². The number of esters is 6. The van der Waals surface area contributed by atoms with E-state index in [1.54, 1.807) is 6.92 Å². The van der Waals surface area contributed by atoms with E-state index in [0.717, 1.165) is 0 Å². The summed E-state index contributed by atoms with van der Waals surface area (Å²) in [5, 5.41) is 24.1. The normalized spacial score (nSPS) is 26.8. The van der Waals surface area contributed by atoms with Crippen LogP contribution in [0.4, 0.5) is 0 Å². The summed E-state index contributed by atoms with van der Waals surface area (Å²) in [7, 11) is 0. The highest BCUT2D eigenvalue weighted by Gasteiger charge is 2.45. The number of phenols is 2. The van der Waals surface area contributed by atoms with Crippen LogP contribution in [0.1, 0.15) is 125 Å². The Morgan fingerprint density at radius 2 is 0.906 bits per heavy atom. The first kappa shape index (κ1) is 49.4. The number of aromatic hydroxyl groups is 2. The van der Waals surface area contributed by atoms with Crippen molar-refractivity contribution >= 4 is 47.4 Å². The fourth-order valence-corrected chi connectivity index (χ4v) is 8.61. The molecule has 9 atom stereocenters. The molecule has 20 nitrogen and oxygen atoms in total. The van der Waals surface area contributed by atoms with Crippen LogP contribution in [0.3, 0.4) is 0 Å². The lowest BCUT2D eigenvalue weighted by molar-refractivity contribution is -0.215. The Bertz CT molecular complexity index is 2020. The van der Waals surface area contributed by atoms with Crippen molar-refractivity contribution in [2.75, 3.05) is 19.8 Å². The van der Waals surface area contributed by atoms with Gasteiger partial charge in [0.25, 0.3) is 0 Å². The fraction of sp³-hybridized carbons (Fsp3) is 0.636. The van der Waals surface area contributed by atoms with E-state index in [-0.39, 0.29) is 94.3 Å². The van der Waals surface area contributed by atoms with Crippen LogP contribution >= 0.6 is 0 Å². The van der Waals surface area contributed by atoms with Crippen molar-refractivity contribution in [3.8, 4) is 11.5 Å². The Kier molecular flexibility index (Phi) is 16.9. The minimum Gasteiger partial charge on any atom is -0.507 e. The van der Waals surface area contributed by atoms with E-state index in [2.05, 4.69) is 0 Å². The Morgan fingerprint density at radius 3 is 1.34 bits per heavy atom. The van der Waals surface area contributed by atoms with Gasteiger partial charge in [-0.2, -0.15) is 0 Å². The van der Waals surface area contributed by atoms with Crippen molar-refractivity contribution < 1.29 is 95.9 Å². The highest BCUT2D eigenvalue weighted by molar-refractivity contribution is 6.28. The Balaban J connectivity index is 1.59. The third-order valence-electron chi connectivity index (χ3n) is 10.9. The molecule has 0 saturated carbocycles. The molecule has 0 bridgehead atoms. The first-order chi connectivity index (χ1) is 30.2. The van der Waals surface area contributed by atoms with Crippen LogP contribution in [0.25, 0.3) is 0 Å². The zero-order valence-electron chi connectivity index (χ0n) is 36.9. The molecular weight excluding hydrogens is 848 g/mol. The summed E-state index contributed by atoms with van der Waals surface area (Å²) in [5.74, 6) is -7.32. The number of benzene rings is 1. The molecule has 2 N–H and O–H groups in total. The Morgan fingerprint density at radius 1 is 0.516 bits per heavy atom. The summed E-state index contributed by atoms with van der Waals surface area (Å²) >= 11 is 0. The van der Waals surface area contributed by atoms with Gasteiger partial charge in [0.1, 0.15) is 49.6 Å². The molecule has 352 valence electrons. The number of allylic oxidation sites excluding steroid dienone is 1. The van der Waals surface area contributed by atoms with E-state index in [4.69, 9.17) is 47.4 Å². The number of rotatable bonds is 16. The second-order valence-electron chi connectivity index (χ2n) is 16.2. The quantitative estimate of drug-likeness (QED) is 0.137. The van der Waals surface area contributed by atoms with E-state index in [1.807, 2.05) is 0 Å². The minimum atomic E-state index is -1.38. The maximum Gasteiger partial charge on any atom is 0.302 e. The highest BCUT2D eigenvalue weighted by atomic mass is 16.7. The molecule has 1 aromatic rings. The van der Waals surface area contributed by atoms with Gasteiger partial charge in [0.15, 0.2) is 11.5 Å². The monoisotopic (exact) mass is 904 g/mol. The van der Waals surface area contributed by atoms with Crippen LogP contribution in [0, 0.1) is 0 Å². The first-order valence-electron chi connectivity index (χ1n) is 21.2. The Hall–Kier alpha value is -5.60. The van der Waals surface area contributed by atoms with Gasteiger partial charge in [-0.1, -0.05) is 6.92 Å². The highest BCUT2D eigenvalue weighted by Crippen LogP contribution is 2.46. The van der Waals surface area contributed by atoms with Crippen LogP contribution in [0.5, 0.6) is 11.5 Å². The Labute approximate surface area is 369 Å². The summed E-state index contributed by atoms with van der Waals surface area (Å²) < 4.78 is 56.7. The molecule has 1 aromatic carbocycles. The predicted octanol–water partition coefficient (Wildman–Crippen LogP) is 3.33. The number of carbonyl (C=O) groups excluding carboxylic acids is 8. The number of phenolic OH excluding ortho intramolecular Hbond substituents is 2. The molecule has 0 radical (unpaired) electrons. The van der Waals surface area contributed by atoms with Crippen LogP contribution in [-0.2, 0) is 89.0 Å². The molecule has 0 aromatic heterocycles. The molecule has 0 spiro atoms. The molecule has 4 aliphatic rings.